The Bertz CT molecular complexity index is 501. The Hall–Kier alpha value is -1.91. The Kier molecular flexibility index (Phi) is 3.32. The average molecular weight is 251 g/mol. The second kappa shape index (κ2) is 4.76. The van der Waals surface area contributed by atoms with Gasteiger partial charge in [-0.2, -0.15) is 0 Å². The van der Waals surface area contributed by atoms with Gasteiger partial charge >= 0.3 is 5.97 Å². The lowest BCUT2D eigenvalue weighted by Gasteiger charge is -2.16. The van der Waals surface area contributed by atoms with Crippen LogP contribution in [0.1, 0.15) is 22.3 Å². The predicted molar refractivity (Wildman–Crippen MR) is 62.8 cm³/mol. The summed E-state index contributed by atoms with van der Waals surface area (Å²) in [6.07, 6.45) is 0.425. The molecular formula is C13H14FNO3. The normalized spacial score (nSPS) is 19.0. The zero-order valence-corrected chi connectivity index (χ0v) is 10.0. The lowest BCUT2D eigenvalue weighted by atomic mass is 10.1. The highest BCUT2D eigenvalue weighted by molar-refractivity contribution is 5.95. The third-order valence-corrected chi connectivity index (χ3v) is 3.18. The minimum absolute atomic E-state index is 0.00615. The molecule has 5 heteroatoms. The van der Waals surface area contributed by atoms with E-state index in [0.717, 1.165) is 5.56 Å². The molecule has 1 aliphatic rings. The number of carboxylic acids is 1. The lowest BCUT2D eigenvalue weighted by Crippen LogP contribution is -2.30. The number of aryl methyl sites for hydroxylation is 1. The number of amides is 1. The van der Waals surface area contributed by atoms with Gasteiger partial charge in [-0.25, -0.2) is 4.39 Å². The van der Waals surface area contributed by atoms with Crippen molar-refractivity contribution in [1.82, 2.24) is 4.90 Å². The van der Waals surface area contributed by atoms with E-state index < -0.39 is 23.6 Å². The van der Waals surface area contributed by atoms with Gasteiger partial charge in [0.05, 0.1) is 11.5 Å². The maximum absolute atomic E-state index is 13.6. The fraction of sp³-hybridized carbons (Fsp3) is 0.385. The Morgan fingerprint density at radius 2 is 2.17 bits per heavy atom. The van der Waals surface area contributed by atoms with Crippen LogP contribution in [0.25, 0.3) is 0 Å². The molecular weight excluding hydrogens is 237 g/mol. The summed E-state index contributed by atoms with van der Waals surface area (Å²) in [7, 11) is 0. The molecule has 0 bridgehead atoms. The molecule has 0 aliphatic carbocycles. The molecule has 1 atom stereocenters. The van der Waals surface area contributed by atoms with Crippen molar-refractivity contribution in [3.8, 4) is 0 Å². The molecule has 18 heavy (non-hydrogen) atoms. The standard InChI is InChI=1S/C13H14FNO3/c1-8-2-3-10(11(14)6-8)12(16)15-5-4-9(7-15)13(17)18/h2-3,6,9H,4-5,7H2,1H3,(H,17,18)/t9-/m0/s1. The molecule has 1 saturated heterocycles. The van der Waals surface area contributed by atoms with Crippen LogP contribution < -0.4 is 0 Å². The summed E-state index contributed by atoms with van der Waals surface area (Å²) in [6, 6.07) is 4.42. The summed E-state index contributed by atoms with van der Waals surface area (Å²) in [6.45, 7) is 2.26. The van der Waals surface area contributed by atoms with Crippen molar-refractivity contribution in [3.05, 3.63) is 35.1 Å². The quantitative estimate of drug-likeness (QED) is 0.870. The molecule has 0 radical (unpaired) electrons. The number of hydrogen-bond acceptors (Lipinski definition) is 2. The zero-order valence-electron chi connectivity index (χ0n) is 10.0. The van der Waals surface area contributed by atoms with Crippen LogP contribution in [0.3, 0.4) is 0 Å². The van der Waals surface area contributed by atoms with Crippen molar-refractivity contribution in [2.24, 2.45) is 5.92 Å². The Balaban J connectivity index is 2.15. The van der Waals surface area contributed by atoms with Crippen LogP contribution in [0.15, 0.2) is 18.2 Å². The number of benzene rings is 1. The molecule has 1 fully saturated rings. The van der Waals surface area contributed by atoms with Crippen molar-refractivity contribution < 1.29 is 19.1 Å². The van der Waals surface area contributed by atoms with Gasteiger partial charge in [-0.15, -0.1) is 0 Å². The Labute approximate surface area is 104 Å². The molecule has 1 N–H and O–H groups in total. The Morgan fingerprint density at radius 1 is 1.44 bits per heavy atom. The van der Waals surface area contributed by atoms with Gasteiger partial charge in [0, 0.05) is 13.1 Å². The molecule has 1 aliphatic heterocycles. The maximum Gasteiger partial charge on any atom is 0.308 e. The molecule has 0 saturated carbocycles. The van der Waals surface area contributed by atoms with E-state index in [-0.39, 0.29) is 12.1 Å². The van der Waals surface area contributed by atoms with E-state index in [0.29, 0.717) is 13.0 Å². The van der Waals surface area contributed by atoms with Crippen LogP contribution in [0.2, 0.25) is 0 Å². The van der Waals surface area contributed by atoms with Gasteiger partial charge in [-0.05, 0) is 31.0 Å². The molecule has 1 aromatic carbocycles. The van der Waals surface area contributed by atoms with Crippen LogP contribution in [0.4, 0.5) is 4.39 Å². The highest BCUT2D eigenvalue weighted by Crippen LogP contribution is 2.20. The van der Waals surface area contributed by atoms with E-state index in [4.69, 9.17) is 5.11 Å². The first-order valence-corrected chi connectivity index (χ1v) is 5.77. The minimum Gasteiger partial charge on any atom is -0.481 e. The van der Waals surface area contributed by atoms with Gasteiger partial charge in [0.15, 0.2) is 0 Å². The monoisotopic (exact) mass is 251 g/mol. The first kappa shape index (κ1) is 12.5. The fourth-order valence-corrected chi connectivity index (χ4v) is 2.11. The average Bonchev–Trinajstić information content (AvgIpc) is 2.77. The SMILES string of the molecule is Cc1ccc(C(=O)N2CC[C@H](C(=O)O)C2)c(F)c1. The summed E-state index contributed by atoms with van der Waals surface area (Å²) in [5.41, 5.74) is 0.750. The smallest absolute Gasteiger partial charge is 0.308 e. The highest BCUT2D eigenvalue weighted by atomic mass is 19.1. The van der Waals surface area contributed by atoms with Gasteiger partial charge in [0.25, 0.3) is 5.91 Å². The largest absolute Gasteiger partial charge is 0.481 e. The second-order valence-corrected chi connectivity index (χ2v) is 4.56. The molecule has 0 spiro atoms. The van der Waals surface area contributed by atoms with Crippen molar-refractivity contribution in [2.75, 3.05) is 13.1 Å². The number of aliphatic carboxylic acids is 1. The van der Waals surface area contributed by atoms with Crippen molar-refractivity contribution in [3.63, 3.8) is 0 Å². The van der Waals surface area contributed by atoms with Crippen molar-refractivity contribution in [1.29, 1.82) is 0 Å². The summed E-state index contributed by atoms with van der Waals surface area (Å²) < 4.78 is 13.6. The fourth-order valence-electron chi connectivity index (χ4n) is 2.11. The van der Waals surface area contributed by atoms with Gasteiger partial charge in [-0.3, -0.25) is 9.59 Å². The number of rotatable bonds is 2. The minimum atomic E-state index is -0.908. The first-order valence-electron chi connectivity index (χ1n) is 5.77. The van der Waals surface area contributed by atoms with Gasteiger partial charge in [0.1, 0.15) is 5.82 Å². The Morgan fingerprint density at radius 3 is 2.72 bits per heavy atom. The van der Waals surface area contributed by atoms with Crippen LogP contribution >= 0.6 is 0 Å². The molecule has 2 rings (SSSR count). The molecule has 1 amide bonds. The predicted octanol–water partition coefficient (Wildman–Crippen LogP) is 1.68. The van der Waals surface area contributed by atoms with Crippen LogP contribution in [0.5, 0.6) is 0 Å². The van der Waals surface area contributed by atoms with E-state index in [1.807, 2.05) is 0 Å². The van der Waals surface area contributed by atoms with E-state index in [1.165, 1.54) is 17.0 Å². The first-order chi connectivity index (χ1) is 8.49. The topological polar surface area (TPSA) is 57.6 Å². The maximum atomic E-state index is 13.6. The molecule has 4 nitrogen and oxygen atoms in total. The lowest BCUT2D eigenvalue weighted by molar-refractivity contribution is -0.141. The zero-order chi connectivity index (χ0) is 13.3. The third kappa shape index (κ3) is 2.34. The number of nitrogens with zero attached hydrogens (tertiary/aromatic N) is 1. The summed E-state index contributed by atoms with van der Waals surface area (Å²) >= 11 is 0. The second-order valence-electron chi connectivity index (χ2n) is 4.56. The molecule has 0 aromatic heterocycles. The number of carbonyl (C=O) groups excluding carboxylic acids is 1. The van der Waals surface area contributed by atoms with E-state index in [9.17, 15) is 14.0 Å². The number of halogens is 1. The van der Waals surface area contributed by atoms with Crippen molar-refractivity contribution >= 4 is 11.9 Å². The van der Waals surface area contributed by atoms with Crippen LogP contribution in [-0.2, 0) is 4.79 Å². The molecule has 0 unspecified atom stereocenters. The third-order valence-electron chi connectivity index (χ3n) is 3.18. The van der Waals surface area contributed by atoms with E-state index in [1.54, 1.807) is 13.0 Å². The summed E-state index contributed by atoms with van der Waals surface area (Å²) in [5, 5.41) is 8.86. The van der Waals surface area contributed by atoms with Crippen molar-refractivity contribution in [2.45, 2.75) is 13.3 Å². The van der Waals surface area contributed by atoms with E-state index in [2.05, 4.69) is 0 Å². The molecule has 96 valence electrons. The van der Waals surface area contributed by atoms with Gasteiger partial charge in [-0.1, -0.05) is 6.07 Å². The molecule has 1 aromatic rings. The number of carbonyl (C=O) groups is 2. The molecule has 1 heterocycles. The summed E-state index contributed by atoms with van der Waals surface area (Å²) in [5.74, 6) is -2.44. The number of likely N-dealkylation sites (tertiary alicyclic amines) is 1. The van der Waals surface area contributed by atoms with Gasteiger partial charge in [0.2, 0.25) is 0 Å². The summed E-state index contributed by atoms with van der Waals surface area (Å²) in [4.78, 5) is 24.2. The number of carboxylic acid groups (broad SMARTS) is 1. The number of hydrogen-bond donors (Lipinski definition) is 1. The highest BCUT2D eigenvalue weighted by Gasteiger charge is 2.32. The van der Waals surface area contributed by atoms with E-state index >= 15 is 0 Å². The van der Waals surface area contributed by atoms with Crippen LogP contribution in [-0.4, -0.2) is 35.0 Å². The van der Waals surface area contributed by atoms with Crippen LogP contribution in [0, 0.1) is 18.7 Å². The van der Waals surface area contributed by atoms with Gasteiger partial charge < -0.3 is 10.0 Å².